The molecule has 0 radical (unpaired) electrons. The van der Waals surface area contributed by atoms with Gasteiger partial charge in [0.15, 0.2) is 0 Å². The molecule has 0 aliphatic carbocycles. The van der Waals surface area contributed by atoms with E-state index in [1.807, 2.05) is 44.4 Å². The summed E-state index contributed by atoms with van der Waals surface area (Å²) in [5.41, 5.74) is 3.46. The minimum Gasteiger partial charge on any atom is -0.497 e. The number of benzene rings is 2. The maximum Gasteiger partial charge on any atom is 0.338 e. The predicted octanol–water partition coefficient (Wildman–Crippen LogP) is 3.21. The number of hydrogen-bond donors (Lipinski definition) is 0. The summed E-state index contributed by atoms with van der Waals surface area (Å²) in [5.74, 6) is 0.432. The van der Waals surface area contributed by atoms with Crippen molar-refractivity contribution >= 4 is 5.97 Å². The second kappa shape index (κ2) is 7.09. The summed E-state index contributed by atoms with van der Waals surface area (Å²) in [5, 5.41) is 0. The van der Waals surface area contributed by atoms with E-state index in [-0.39, 0.29) is 5.97 Å². The van der Waals surface area contributed by atoms with Gasteiger partial charge < -0.3 is 14.4 Å². The van der Waals surface area contributed by atoms with Crippen molar-refractivity contribution in [3.8, 4) is 16.9 Å². The third kappa shape index (κ3) is 3.65. The lowest BCUT2D eigenvalue weighted by Gasteiger charge is -2.14. The summed E-state index contributed by atoms with van der Waals surface area (Å²) in [6, 6.07) is 13.4. The van der Waals surface area contributed by atoms with Crippen LogP contribution in [0.4, 0.5) is 0 Å². The van der Waals surface area contributed by atoms with Crippen LogP contribution in [0.15, 0.2) is 42.5 Å². The van der Waals surface area contributed by atoms with Crippen LogP contribution in [0.1, 0.15) is 15.9 Å². The van der Waals surface area contributed by atoms with Gasteiger partial charge in [-0.05, 0) is 55.1 Å². The highest BCUT2D eigenvalue weighted by Crippen LogP contribution is 2.29. The van der Waals surface area contributed by atoms with E-state index >= 15 is 0 Å². The Balaban J connectivity index is 2.54. The molecule has 0 bridgehead atoms. The van der Waals surface area contributed by atoms with E-state index in [1.54, 1.807) is 13.2 Å². The molecule has 116 valence electrons. The molecule has 0 saturated carbocycles. The van der Waals surface area contributed by atoms with Crippen molar-refractivity contribution < 1.29 is 14.3 Å². The maximum absolute atomic E-state index is 12.0. The Labute approximate surface area is 131 Å². The molecule has 0 unspecified atom stereocenters. The van der Waals surface area contributed by atoms with Crippen LogP contribution in [-0.2, 0) is 11.3 Å². The zero-order valence-corrected chi connectivity index (χ0v) is 13.4. The second-order valence-corrected chi connectivity index (χ2v) is 5.34. The van der Waals surface area contributed by atoms with Gasteiger partial charge in [0.25, 0.3) is 0 Å². The number of methoxy groups -OCH3 is 2. The number of carbonyl (C=O) groups is 1. The fraction of sp³-hybridized carbons (Fsp3) is 0.278. The van der Waals surface area contributed by atoms with E-state index in [9.17, 15) is 4.79 Å². The molecular formula is C18H21NO3. The van der Waals surface area contributed by atoms with E-state index in [4.69, 9.17) is 9.47 Å². The van der Waals surface area contributed by atoms with E-state index < -0.39 is 0 Å². The van der Waals surface area contributed by atoms with Crippen LogP contribution in [0.3, 0.4) is 0 Å². The first-order chi connectivity index (χ1) is 10.5. The SMILES string of the molecule is COC(=O)c1ccccc1-c1cc(CN(C)C)cc(OC)c1. The van der Waals surface area contributed by atoms with Crippen LogP contribution in [0.5, 0.6) is 5.75 Å². The molecule has 0 amide bonds. The molecular weight excluding hydrogens is 278 g/mol. The van der Waals surface area contributed by atoms with Gasteiger partial charge in [0.05, 0.1) is 19.8 Å². The molecule has 22 heavy (non-hydrogen) atoms. The van der Waals surface area contributed by atoms with Gasteiger partial charge in [-0.3, -0.25) is 0 Å². The van der Waals surface area contributed by atoms with Crippen LogP contribution in [0.2, 0.25) is 0 Å². The normalized spacial score (nSPS) is 10.6. The number of nitrogens with zero attached hydrogens (tertiary/aromatic N) is 1. The quantitative estimate of drug-likeness (QED) is 0.795. The summed E-state index contributed by atoms with van der Waals surface area (Å²) in [4.78, 5) is 14.1. The molecule has 0 N–H and O–H groups in total. The lowest BCUT2D eigenvalue weighted by molar-refractivity contribution is 0.0601. The first-order valence-corrected chi connectivity index (χ1v) is 7.05. The molecule has 0 aliphatic rings. The smallest absolute Gasteiger partial charge is 0.338 e. The van der Waals surface area contributed by atoms with E-state index in [0.29, 0.717) is 5.56 Å². The molecule has 4 nitrogen and oxygen atoms in total. The van der Waals surface area contributed by atoms with Crippen LogP contribution >= 0.6 is 0 Å². The Hall–Kier alpha value is -2.33. The molecule has 4 heteroatoms. The second-order valence-electron chi connectivity index (χ2n) is 5.34. The molecule has 0 atom stereocenters. The van der Waals surface area contributed by atoms with Crippen LogP contribution in [0.25, 0.3) is 11.1 Å². The topological polar surface area (TPSA) is 38.8 Å². The summed E-state index contributed by atoms with van der Waals surface area (Å²) in [7, 11) is 7.07. The fourth-order valence-corrected chi connectivity index (χ4v) is 2.41. The van der Waals surface area contributed by atoms with Gasteiger partial charge in [-0.2, -0.15) is 0 Å². The molecule has 0 heterocycles. The molecule has 0 aromatic heterocycles. The van der Waals surface area contributed by atoms with Crippen LogP contribution < -0.4 is 4.74 Å². The van der Waals surface area contributed by atoms with Crippen LogP contribution in [-0.4, -0.2) is 39.2 Å². The average Bonchev–Trinajstić information content (AvgIpc) is 2.53. The molecule has 2 aromatic rings. The van der Waals surface area contributed by atoms with Crippen molar-refractivity contribution in [1.82, 2.24) is 4.90 Å². The Morgan fingerprint density at radius 1 is 1.09 bits per heavy atom. The lowest BCUT2D eigenvalue weighted by Crippen LogP contribution is -2.11. The first-order valence-electron chi connectivity index (χ1n) is 7.05. The highest BCUT2D eigenvalue weighted by Gasteiger charge is 2.14. The van der Waals surface area contributed by atoms with E-state index in [1.165, 1.54) is 7.11 Å². The standard InChI is InChI=1S/C18H21NO3/c1-19(2)12-13-9-14(11-15(10-13)21-3)16-7-5-6-8-17(16)18(20)22-4/h5-11H,12H2,1-4H3. The van der Waals surface area contributed by atoms with E-state index in [0.717, 1.165) is 29.0 Å². The number of carbonyl (C=O) groups excluding carboxylic acids is 1. The minimum atomic E-state index is -0.340. The number of esters is 1. The van der Waals surface area contributed by atoms with Gasteiger partial charge in [-0.15, -0.1) is 0 Å². The zero-order valence-electron chi connectivity index (χ0n) is 13.4. The summed E-state index contributed by atoms with van der Waals surface area (Å²) >= 11 is 0. The van der Waals surface area contributed by atoms with Gasteiger partial charge in [0.2, 0.25) is 0 Å². The zero-order chi connectivity index (χ0) is 16.1. The molecule has 2 aromatic carbocycles. The summed E-state index contributed by atoms with van der Waals surface area (Å²) in [6.07, 6.45) is 0. The lowest BCUT2D eigenvalue weighted by atomic mass is 9.97. The van der Waals surface area contributed by atoms with Crippen molar-refractivity contribution in [2.45, 2.75) is 6.54 Å². The average molecular weight is 299 g/mol. The highest BCUT2D eigenvalue weighted by molar-refractivity contribution is 5.97. The summed E-state index contributed by atoms with van der Waals surface area (Å²) < 4.78 is 10.3. The third-order valence-electron chi connectivity index (χ3n) is 3.34. The first kappa shape index (κ1) is 16.0. The molecule has 0 aliphatic heterocycles. The Kier molecular flexibility index (Phi) is 5.17. The van der Waals surface area contributed by atoms with E-state index in [2.05, 4.69) is 11.0 Å². The number of rotatable bonds is 5. The van der Waals surface area contributed by atoms with Gasteiger partial charge in [-0.25, -0.2) is 4.79 Å². The van der Waals surface area contributed by atoms with Crippen molar-refractivity contribution in [2.75, 3.05) is 28.3 Å². The minimum absolute atomic E-state index is 0.340. The van der Waals surface area contributed by atoms with Gasteiger partial charge >= 0.3 is 5.97 Å². The summed E-state index contributed by atoms with van der Waals surface area (Å²) in [6.45, 7) is 0.796. The van der Waals surface area contributed by atoms with Gasteiger partial charge in [0.1, 0.15) is 5.75 Å². The monoisotopic (exact) mass is 299 g/mol. The fourth-order valence-electron chi connectivity index (χ4n) is 2.41. The molecule has 0 saturated heterocycles. The largest absolute Gasteiger partial charge is 0.497 e. The molecule has 2 rings (SSSR count). The maximum atomic E-state index is 12.0. The Bertz CT molecular complexity index is 665. The van der Waals surface area contributed by atoms with Crippen molar-refractivity contribution in [3.05, 3.63) is 53.6 Å². The van der Waals surface area contributed by atoms with Gasteiger partial charge in [-0.1, -0.05) is 18.2 Å². The van der Waals surface area contributed by atoms with Crippen LogP contribution in [0, 0.1) is 0 Å². The van der Waals surface area contributed by atoms with Gasteiger partial charge in [0, 0.05) is 6.54 Å². The molecule has 0 spiro atoms. The van der Waals surface area contributed by atoms with Crippen molar-refractivity contribution in [2.24, 2.45) is 0 Å². The molecule has 0 fully saturated rings. The number of ether oxygens (including phenoxy) is 2. The number of hydrogen-bond acceptors (Lipinski definition) is 4. The predicted molar refractivity (Wildman–Crippen MR) is 87.2 cm³/mol. The Morgan fingerprint density at radius 2 is 1.82 bits per heavy atom. The third-order valence-corrected chi connectivity index (χ3v) is 3.34. The highest BCUT2D eigenvalue weighted by atomic mass is 16.5. The van der Waals surface area contributed by atoms with Crippen molar-refractivity contribution in [1.29, 1.82) is 0 Å². The van der Waals surface area contributed by atoms with Crippen molar-refractivity contribution in [3.63, 3.8) is 0 Å². The Morgan fingerprint density at radius 3 is 2.45 bits per heavy atom.